The van der Waals surface area contributed by atoms with E-state index < -0.39 is 0 Å². The number of hydrogen-bond donors (Lipinski definition) is 1. The fourth-order valence-corrected chi connectivity index (χ4v) is 0.622. The molecule has 0 aliphatic carbocycles. The van der Waals surface area contributed by atoms with Crippen LogP contribution in [0.25, 0.3) is 0 Å². The number of carbonyl (C=O) groups excluding carboxylic acids is 1. The highest BCUT2D eigenvalue weighted by molar-refractivity contribution is 5.96. The number of nitrogens with one attached hydrogen (secondary N) is 1. The lowest BCUT2D eigenvalue weighted by atomic mass is 10.2. The van der Waals surface area contributed by atoms with Gasteiger partial charge in [0, 0.05) is 6.42 Å². The third-order valence-electron chi connectivity index (χ3n) is 1.34. The molecule has 0 fully saturated rings. The smallest absolute Gasteiger partial charge is 0.187 e. The first-order valence-corrected chi connectivity index (χ1v) is 4.28. The van der Waals surface area contributed by atoms with Crippen molar-refractivity contribution >= 4 is 11.7 Å². The van der Waals surface area contributed by atoms with Crippen molar-refractivity contribution in [1.29, 1.82) is 5.41 Å². The van der Waals surface area contributed by atoms with Crippen LogP contribution < -0.4 is 0 Å². The summed E-state index contributed by atoms with van der Waals surface area (Å²) in [6.07, 6.45) is 0.622. The summed E-state index contributed by atoms with van der Waals surface area (Å²) < 4.78 is 5.04. The summed E-state index contributed by atoms with van der Waals surface area (Å²) >= 11 is 0. The highest BCUT2D eigenvalue weighted by Crippen LogP contribution is 1.97. The van der Waals surface area contributed by atoms with Crippen LogP contribution >= 0.6 is 0 Å². The summed E-state index contributed by atoms with van der Waals surface area (Å²) in [6, 6.07) is 0. The van der Waals surface area contributed by atoms with Crippen LogP contribution in [0, 0.1) is 11.3 Å². The molecular formula is C9H17NO2. The summed E-state index contributed by atoms with van der Waals surface area (Å²) in [6.45, 7) is 6.33. The standard InChI is InChI=1S/C9H17NO2/c1-4-8(11)5-9(10)12-6-7(2)3/h7,10H,4-6H2,1-3H3. The summed E-state index contributed by atoms with van der Waals surface area (Å²) in [5, 5.41) is 7.27. The van der Waals surface area contributed by atoms with E-state index in [1.165, 1.54) is 0 Å². The molecule has 0 aliphatic heterocycles. The SMILES string of the molecule is CCC(=O)CC(=N)OCC(C)C. The summed E-state index contributed by atoms with van der Waals surface area (Å²) in [7, 11) is 0. The van der Waals surface area contributed by atoms with Gasteiger partial charge in [-0.2, -0.15) is 0 Å². The normalized spacial score (nSPS) is 10.0. The van der Waals surface area contributed by atoms with Crippen molar-refractivity contribution in [1.82, 2.24) is 0 Å². The second kappa shape index (κ2) is 5.75. The van der Waals surface area contributed by atoms with E-state index in [0.717, 1.165) is 0 Å². The van der Waals surface area contributed by atoms with Gasteiger partial charge in [-0.15, -0.1) is 0 Å². The molecule has 0 unspecified atom stereocenters. The highest BCUT2D eigenvalue weighted by atomic mass is 16.5. The van der Waals surface area contributed by atoms with Crippen LogP contribution in [-0.4, -0.2) is 18.3 Å². The van der Waals surface area contributed by atoms with E-state index in [4.69, 9.17) is 10.1 Å². The van der Waals surface area contributed by atoms with Gasteiger partial charge in [-0.25, -0.2) is 0 Å². The maximum Gasteiger partial charge on any atom is 0.187 e. The lowest BCUT2D eigenvalue weighted by Crippen LogP contribution is -2.12. The third-order valence-corrected chi connectivity index (χ3v) is 1.34. The molecule has 0 radical (unpaired) electrons. The fourth-order valence-electron chi connectivity index (χ4n) is 0.622. The minimum Gasteiger partial charge on any atom is -0.481 e. The van der Waals surface area contributed by atoms with Crippen LogP contribution in [-0.2, 0) is 9.53 Å². The number of rotatable bonds is 5. The third kappa shape index (κ3) is 5.89. The van der Waals surface area contributed by atoms with Crippen molar-refractivity contribution < 1.29 is 9.53 Å². The van der Waals surface area contributed by atoms with Gasteiger partial charge in [0.2, 0.25) is 0 Å². The Hall–Kier alpha value is -0.860. The minimum atomic E-state index is 0.0590. The van der Waals surface area contributed by atoms with Crippen LogP contribution in [0.3, 0.4) is 0 Å². The van der Waals surface area contributed by atoms with Crippen LogP contribution in [0.1, 0.15) is 33.6 Å². The van der Waals surface area contributed by atoms with E-state index in [1.54, 1.807) is 6.92 Å². The maximum absolute atomic E-state index is 10.8. The van der Waals surface area contributed by atoms with E-state index in [-0.39, 0.29) is 18.1 Å². The Morgan fingerprint density at radius 1 is 1.50 bits per heavy atom. The van der Waals surface area contributed by atoms with E-state index in [2.05, 4.69) is 0 Å². The Bertz CT molecular complexity index is 164. The molecule has 0 spiro atoms. The zero-order valence-corrected chi connectivity index (χ0v) is 8.02. The summed E-state index contributed by atoms with van der Waals surface area (Å²) in [4.78, 5) is 10.8. The van der Waals surface area contributed by atoms with Crippen LogP contribution in [0.15, 0.2) is 0 Å². The van der Waals surface area contributed by atoms with Gasteiger partial charge in [-0.3, -0.25) is 10.2 Å². The summed E-state index contributed by atoms with van der Waals surface area (Å²) in [5.74, 6) is 0.557. The number of hydrogen-bond acceptors (Lipinski definition) is 3. The van der Waals surface area contributed by atoms with Gasteiger partial charge in [-0.05, 0) is 5.92 Å². The second-order valence-electron chi connectivity index (χ2n) is 3.20. The minimum absolute atomic E-state index is 0.0590. The monoisotopic (exact) mass is 171 g/mol. The zero-order valence-electron chi connectivity index (χ0n) is 8.02. The largest absolute Gasteiger partial charge is 0.481 e. The first kappa shape index (κ1) is 11.1. The second-order valence-corrected chi connectivity index (χ2v) is 3.20. The Kier molecular flexibility index (Phi) is 5.34. The van der Waals surface area contributed by atoms with Gasteiger partial charge in [0.15, 0.2) is 5.90 Å². The molecule has 0 rings (SSSR count). The highest BCUT2D eigenvalue weighted by Gasteiger charge is 2.05. The maximum atomic E-state index is 10.8. The molecule has 0 bridgehead atoms. The number of ether oxygens (including phenoxy) is 1. The molecule has 0 aromatic rings. The molecule has 12 heavy (non-hydrogen) atoms. The van der Waals surface area contributed by atoms with Gasteiger partial charge in [0.25, 0.3) is 0 Å². The molecule has 0 aromatic carbocycles. The van der Waals surface area contributed by atoms with Crippen molar-refractivity contribution in [3.8, 4) is 0 Å². The quantitative estimate of drug-likeness (QED) is 0.508. The molecule has 3 heteroatoms. The Morgan fingerprint density at radius 3 is 2.50 bits per heavy atom. The molecule has 70 valence electrons. The lowest BCUT2D eigenvalue weighted by molar-refractivity contribution is -0.117. The van der Waals surface area contributed by atoms with Crippen molar-refractivity contribution in [2.24, 2.45) is 5.92 Å². The number of carbonyl (C=O) groups is 1. The van der Waals surface area contributed by atoms with Gasteiger partial charge in [0.05, 0.1) is 13.0 Å². The first-order chi connectivity index (χ1) is 5.56. The Balaban J connectivity index is 3.53. The molecule has 0 saturated carbocycles. The van der Waals surface area contributed by atoms with E-state index in [1.807, 2.05) is 13.8 Å². The Labute approximate surface area is 73.6 Å². The van der Waals surface area contributed by atoms with Gasteiger partial charge in [0.1, 0.15) is 5.78 Å². The van der Waals surface area contributed by atoms with Crippen molar-refractivity contribution in [3.63, 3.8) is 0 Å². The molecule has 0 aromatic heterocycles. The molecule has 0 amide bonds. The van der Waals surface area contributed by atoms with Crippen LogP contribution in [0.4, 0.5) is 0 Å². The van der Waals surface area contributed by atoms with Crippen molar-refractivity contribution in [3.05, 3.63) is 0 Å². The average Bonchev–Trinajstić information content (AvgIpc) is 2.00. The molecule has 1 N–H and O–H groups in total. The summed E-state index contributed by atoms with van der Waals surface area (Å²) in [5.41, 5.74) is 0. The van der Waals surface area contributed by atoms with E-state index >= 15 is 0 Å². The predicted molar refractivity (Wildman–Crippen MR) is 48.4 cm³/mol. The van der Waals surface area contributed by atoms with Gasteiger partial charge in [-0.1, -0.05) is 20.8 Å². The lowest BCUT2D eigenvalue weighted by Gasteiger charge is -2.08. The predicted octanol–water partition coefficient (Wildman–Crippen LogP) is 2.01. The fraction of sp³-hybridized carbons (Fsp3) is 0.778. The molecule has 0 atom stereocenters. The number of ketones is 1. The van der Waals surface area contributed by atoms with Crippen molar-refractivity contribution in [2.75, 3.05) is 6.61 Å². The first-order valence-electron chi connectivity index (χ1n) is 4.28. The van der Waals surface area contributed by atoms with Crippen LogP contribution in [0.2, 0.25) is 0 Å². The van der Waals surface area contributed by atoms with Gasteiger partial charge >= 0.3 is 0 Å². The zero-order chi connectivity index (χ0) is 9.56. The topological polar surface area (TPSA) is 50.2 Å². The van der Waals surface area contributed by atoms with Crippen molar-refractivity contribution in [2.45, 2.75) is 33.6 Å². The molecular weight excluding hydrogens is 154 g/mol. The van der Waals surface area contributed by atoms with E-state index in [9.17, 15) is 4.79 Å². The number of Topliss-reactive ketones (excluding diaryl/α,β-unsaturated/α-hetero) is 1. The molecule has 3 nitrogen and oxygen atoms in total. The molecule has 0 heterocycles. The van der Waals surface area contributed by atoms with Gasteiger partial charge < -0.3 is 4.74 Å². The molecule has 0 aliphatic rings. The van der Waals surface area contributed by atoms with Crippen LogP contribution in [0.5, 0.6) is 0 Å². The Morgan fingerprint density at radius 2 is 2.08 bits per heavy atom. The molecule has 0 saturated heterocycles. The van der Waals surface area contributed by atoms with E-state index in [0.29, 0.717) is 18.9 Å². The average molecular weight is 171 g/mol.